The summed E-state index contributed by atoms with van der Waals surface area (Å²) in [4.78, 5) is 26.6. The average Bonchev–Trinajstić information content (AvgIpc) is 2.92. The van der Waals surface area contributed by atoms with Crippen molar-refractivity contribution in [3.05, 3.63) is 52.5 Å². The molecule has 0 saturated heterocycles. The summed E-state index contributed by atoms with van der Waals surface area (Å²) in [6, 6.07) is 7.25. The van der Waals surface area contributed by atoms with Gasteiger partial charge in [0.25, 0.3) is 0 Å². The maximum absolute atomic E-state index is 12.0. The molecule has 2 rings (SSSR count). The Morgan fingerprint density at radius 1 is 1.20 bits per heavy atom. The molecule has 5 heteroatoms. The Labute approximate surface area is 122 Å². The topological polar surface area (TPSA) is 41.3 Å². The number of ketones is 2. The van der Waals surface area contributed by atoms with Crippen molar-refractivity contribution in [3.63, 3.8) is 0 Å². The molecule has 104 valence electrons. The normalized spacial score (nSPS) is 10.8. The molecule has 20 heavy (non-hydrogen) atoms. The van der Waals surface area contributed by atoms with Gasteiger partial charge in [0.15, 0.2) is 18.2 Å². The summed E-state index contributed by atoms with van der Waals surface area (Å²) in [5.41, 5.74) is 0.625. The van der Waals surface area contributed by atoms with Gasteiger partial charge in [0.1, 0.15) is 0 Å². The number of aromatic nitrogens is 1. The van der Waals surface area contributed by atoms with Crippen LogP contribution >= 0.6 is 11.3 Å². The van der Waals surface area contributed by atoms with Gasteiger partial charge in [-0.3, -0.25) is 9.59 Å². The van der Waals surface area contributed by atoms with Crippen LogP contribution in [0.2, 0.25) is 0 Å². The Morgan fingerprint density at radius 3 is 2.65 bits per heavy atom. The molecular weight excluding hydrogens is 272 g/mol. The Morgan fingerprint density at radius 2 is 2.00 bits per heavy atom. The number of nitrogens with zero attached hydrogens (tertiary/aromatic N) is 2. The summed E-state index contributed by atoms with van der Waals surface area (Å²) in [7, 11) is 3.71. The second-order valence-corrected chi connectivity index (χ2v) is 5.77. The third-order valence-corrected chi connectivity index (χ3v) is 3.67. The fourth-order valence-electron chi connectivity index (χ4n) is 1.84. The second kappa shape index (κ2) is 6.54. The largest absolute Gasteiger partial charge is 0.302 e. The van der Waals surface area contributed by atoms with Crippen LogP contribution in [-0.4, -0.2) is 37.1 Å². The highest BCUT2D eigenvalue weighted by Gasteiger charge is 2.15. The molecule has 0 aliphatic rings. The van der Waals surface area contributed by atoms with E-state index in [2.05, 4.69) is 0 Å². The summed E-state index contributed by atoms with van der Waals surface area (Å²) in [5.74, 6) is 0.107. The van der Waals surface area contributed by atoms with Gasteiger partial charge in [0.2, 0.25) is 12.3 Å². The molecule has 0 aliphatic heterocycles. The summed E-state index contributed by atoms with van der Waals surface area (Å²) in [5, 5.41) is 1.88. The molecule has 2 aromatic rings. The number of Topliss-reactive ketones (excluding diaryl/α,β-unsaturated/α-hetero) is 2. The lowest BCUT2D eigenvalue weighted by Gasteiger charge is -2.07. The van der Waals surface area contributed by atoms with Crippen LogP contribution in [0.1, 0.15) is 20.0 Å². The maximum atomic E-state index is 12.0. The van der Waals surface area contributed by atoms with Gasteiger partial charge in [-0.2, -0.15) is 4.57 Å². The van der Waals surface area contributed by atoms with Gasteiger partial charge in [-0.05, 0) is 31.6 Å². The van der Waals surface area contributed by atoms with E-state index < -0.39 is 0 Å². The van der Waals surface area contributed by atoms with Gasteiger partial charge in [0.05, 0.1) is 17.0 Å². The zero-order valence-electron chi connectivity index (χ0n) is 11.6. The van der Waals surface area contributed by atoms with Gasteiger partial charge in [-0.1, -0.05) is 6.07 Å². The fourth-order valence-corrected chi connectivity index (χ4v) is 2.50. The van der Waals surface area contributed by atoms with E-state index in [1.807, 2.05) is 36.5 Å². The van der Waals surface area contributed by atoms with E-state index in [1.165, 1.54) is 11.3 Å². The van der Waals surface area contributed by atoms with Crippen molar-refractivity contribution in [1.29, 1.82) is 0 Å². The highest BCUT2D eigenvalue weighted by molar-refractivity contribution is 7.12. The number of rotatable bonds is 6. The molecule has 0 amide bonds. The molecule has 0 fully saturated rings. The zero-order chi connectivity index (χ0) is 14.5. The molecule has 0 unspecified atom stereocenters. The summed E-state index contributed by atoms with van der Waals surface area (Å²) < 4.78 is 1.75. The molecule has 4 nitrogen and oxygen atoms in total. The molecule has 0 radical (unpaired) electrons. The molecule has 0 N–H and O–H groups in total. The van der Waals surface area contributed by atoms with Crippen molar-refractivity contribution in [1.82, 2.24) is 4.90 Å². The fraction of sp³-hybridized carbons (Fsp3) is 0.267. The molecular formula is C15H17N2O2S+. The van der Waals surface area contributed by atoms with Gasteiger partial charge in [-0.25, -0.2) is 0 Å². The van der Waals surface area contributed by atoms with E-state index >= 15 is 0 Å². The zero-order valence-corrected chi connectivity index (χ0v) is 12.4. The molecule has 2 aromatic heterocycles. The Kier molecular flexibility index (Phi) is 4.76. The quantitative estimate of drug-likeness (QED) is 0.600. The first-order valence-electron chi connectivity index (χ1n) is 6.30. The number of hydrogen-bond acceptors (Lipinski definition) is 4. The van der Waals surface area contributed by atoms with Crippen molar-refractivity contribution in [3.8, 4) is 0 Å². The predicted molar refractivity (Wildman–Crippen MR) is 78.2 cm³/mol. The monoisotopic (exact) mass is 289 g/mol. The first-order chi connectivity index (χ1) is 9.56. The minimum Gasteiger partial charge on any atom is -0.302 e. The summed E-state index contributed by atoms with van der Waals surface area (Å²) in [6.07, 6.45) is 3.54. The number of likely N-dealkylation sites (N-methyl/N-ethyl adjacent to an activating group) is 1. The van der Waals surface area contributed by atoms with E-state index in [9.17, 15) is 9.59 Å². The number of carbonyl (C=O) groups excluding carboxylic acids is 2. The van der Waals surface area contributed by atoms with Gasteiger partial charge >= 0.3 is 0 Å². The summed E-state index contributed by atoms with van der Waals surface area (Å²) >= 11 is 1.43. The van der Waals surface area contributed by atoms with Crippen LogP contribution in [0.15, 0.2) is 42.0 Å². The molecule has 0 saturated carbocycles. The number of carbonyl (C=O) groups is 2. The van der Waals surface area contributed by atoms with E-state index in [0.717, 1.165) is 4.88 Å². The van der Waals surface area contributed by atoms with E-state index in [1.54, 1.807) is 29.1 Å². The number of pyridine rings is 1. The average molecular weight is 289 g/mol. The van der Waals surface area contributed by atoms with Crippen LogP contribution in [0.25, 0.3) is 0 Å². The van der Waals surface area contributed by atoms with Crippen LogP contribution < -0.4 is 4.57 Å². The molecule has 0 spiro atoms. The Bertz CT molecular complexity index is 606. The Hall–Kier alpha value is -1.85. The SMILES string of the molecule is CN(C)CC(=O)c1ccc[n+](CC(=O)c2cccs2)c1. The lowest BCUT2D eigenvalue weighted by Crippen LogP contribution is -2.38. The predicted octanol–water partition coefficient (Wildman–Crippen LogP) is 1.66. The van der Waals surface area contributed by atoms with Gasteiger partial charge < -0.3 is 4.90 Å². The Balaban J connectivity index is 2.10. The molecule has 0 atom stereocenters. The maximum Gasteiger partial charge on any atom is 0.237 e. The third-order valence-electron chi connectivity index (χ3n) is 2.76. The minimum absolute atomic E-state index is 0.0490. The molecule has 2 heterocycles. The van der Waals surface area contributed by atoms with Crippen LogP contribution in [-0.2, 0) is 6.54 Å². The van der Waals surface area contributed by atoms with Crippen molar-refractivity contribution in [2.24, 2.45) is 0 Å². The minimum atomic E-state index is 0.0490. The van der Waals surface area contributed by atoms with Crippen LogP contribution in [0.4, 0.5) is 0 Å². The lowest BCUT2D eigenvalue weighted by atomic mass is 10.2. The highest BCUT2D eigenvalue weighted by atomic mass is 32.1. The lowest BCUT2D eigenvalue weighted by molar-refractivity contribution is -0.683. The number of thiophene rings is 1. The van der Waals surface area contributed by atoms with Crippen LogP contribution in [0.3, 0.4) is 0 Å². The molecule has 0 aliphatic carbocycles. The second-order valence-electron chi connectivity index (χ2n) is 4.83. The summed E-state index contributed by atoms with van der Waals surface area (Å²) in [6.45, 7) is 0.618. The third kappa shape index (κ3) is 3.82. The van der Waals surface area contributed by atoms with Gasteiger partial charge in [-0.15, -0.1) is 11.3 Å². The van der Waals surface area contributed by atoms with Crippen molar-refractivity contribution >= 4 is 22.9 Å². The van der Waals surface area contributed by atoms with Crippen molar-refractivity contribution in [2.45, 2.75) is 6.54 Å². The van der Waals surface area contributed by atoms with E-state index in [-0.39, 0.29) is 18.1 Å². The smallest absolute Gasteiger partial charge is 0.237 e. The van der Waals surface area contributed by atoms with Crippen LogP contribution in [0.5, 0.6) is 0 Å². The first kappa shape index (κ1) is 14.6. The molecule has 0 aromatic carbocycles. The number of hydrogen-bond donors (Lipinski definition) is 0. The van der Waals surface area contributed by atoms with E-state index in [4.69, 9.17) is 0 Å². The van der Waals surface area contributed by atoms with Crippen molar-refractivity contribution in [2.75, 3.05) is 20.6 Å². The van der Waals surface area contributed by atoms with Gasteiger partial charge in [0, 0.05) is 6.07 Å². The van der Waals surface area contributed by atoms with E-state index in [0.29, 0.717) is 12.1 Å². The molecule has 0 bridgehead atoms. The van der Waals surface area contributed by atoms with Crippen molar-refractivity contribution < 1.29 is 14.2 Å². The highest BCUT2D eigenvalue weighted by Crippen LogP contribution is 2.09. The first-order valence-corrected chi connectivity index (χ1v) is 7.18. The van der Waals surface area contributed by atoms with Crippen LogP contribution in [0, 0.1) is 0 Å². The standard InChI is InChI=1S/C15H17N2O2S/c1-16(2)10-13(18)12-5-3-7-17(9-12)11-14(19)15-6-4-8-20-15/h3-9H,10-11H2,1-2H3/q+1.